The van der Waals surface area contributed by atoms with Crippen LogP contribution in [0.4, 0.5) is 5.69 Å². The third kappa shape index (κ3) is 2.74. The lowest BCUT2D eigenvalue weighted by molar-refractivity contribution is -0.120. The van der Waals surface area contributed by atoms with Crippen LogP contribution >= 0.6 is 11.6 Å². The maximum Gasteiger partial charge on any atom is 0.234 e. The molecule has 2 aromatic carbocycles. The molecular formula is C17H16ClNO3. The molecule has 5 heteroatoms. The van der Waals surface area contributed by atoms with Gasteiger partial charge in [0.2, 0.25) is 12.7 Å². The number of carbonyl (C=O) groups excluding carboxylic acids is 1. The maximum absolute atomic E-state index is 12.6. The summed E-state index contributed by atoms with van der Waals surface area (Å²) in [5.41, 5.74) is 0.868. The van der Waals surface area contributed by atoms with Gasteiger partial charge in [0.1, 0.15) is 0 Å². The molecule has 114 valence electrons. The van der Waals surface area contributed by atoms with E-state index in [2.05, 4.69) is 5.32 Å². The van der Waals surface area contributed by atoms with Crippen molar-refractivity contribution in [2.75, 3.05) is 12.1 Å². The lowest BCUT2D eigenvalue weighted by atomic mass is 9.83. The summed E-state index contributed by atoms with van der Waals surface area (Å²) in [6.07, 6.45) is 0. The van der Waals surface area contributed by atoms with Crippen LogP contribution in [0.15, 0.2) is 42.5 Å². The van der Waals surface area contributed by atoms with Crippen LogP contribution in [0.3, 0.4) is 0 Å². The van der Waals surface area contributed by atoms with Gasteiger partial charge in [-0.05, 0) is 55.8 Å². The minimum Gasteiger partial charge on any atom is -0.454 e. The summed E-state index contributed by atoms with van der Waals surface area (Å²) in [5, 5.41) is 3.54. The highest BCUT2D eigenvalue weighted by Gasteiger charge is 2.31. The molecule has 0 radical (unpaired) electrons. The molecule has 1 N–H and O–H groups in total. The van der Waals surface area contributed by atoms with Crippen LogP contribution in [0.25, 0.3) is 0 Å². The summed E-state index contributed by atoms with van der Waals surface area (Å²) in [6, 6.07) is 12.6. The first-order chi connectivity index (χ1) is 10.5. The first-order valence-electron chi connectivity index (χ1n) is 6.94. The summed E-state index contributed by atoms with van der Waals surface area (Å²) < 4.78 is 10.7. The molecular weight excluding hydrogens is 302 g/mol. The molecule has 1 aliphatic heterocycles. The van der Waals surface area contributed by atoms with Crippen LogP contribution in [0.1, 0.15) is 19.4 Å². The summed E-state index contributed by atoms with van der Waals surface area (Å²) in [5.74, 6) is 1.27. The summed E-state index contributed by atoms with van der Waals surface area (Å²) in [6.45, 7) is 3.96. The van der Waals surface area contributed by atoms with E-state index in [1.54, 1.807) is 24.3 Å². The van der Waals surface area contributed by atoms with Crippen molar-refractivity contribution in [3.05, 3.63) is 53.1 Å². The molecule has 3 rings (SSSR count). The van der Waals surface area contributed by atoms with Gasteiger partial charge in [0.15, 0.2) is 11.5 Å². The first kappa shape index (κ1) is 14.7. The van der Waals surface area contributed by atoms with Crippen molar-refractivity contribution in [1.29, 1.82) is 0 Å². The number of hydrogen-bond donors (Lipinski definition) is 1. The van der Waals surface area contributed by atoms with E-state index in [0.717, 1.165) is 5.56 Å². The van der Waals surface area contributed by atoms with Gasteiger partial charge < -0.3 is 14.8 Å². The summed E-state index contributed by atoms with van der Waals surface area (Å²) in [4.78, 5) is 12.6. The van der Waals surface area contributed by atoms with E-state index in [1.165, 1.54) is 0 Å². The van der Waals surface area contributed by atoms with E-state index in [1.807, 2.05) is 32.0 Å². The van der Waals surface area contributed by atoms with Crippen molar-refractivity contribution in [2.24, 2.45) is 0 Å². The average Bonchev–Trinajstić information content (AvgIpc) is 2.97. The van der Waals surface area contributed by atoms with E-state index in [0.29, 0.717) is 22.2 Å². The molecule has 0 fully saturated rings. The fraction of sp³-hybridized carbons (Fsp3) is 0.235. The molecule has 1 heterocycles. The van der Waals surface area contributed by atoms with Crippen LogP contribution in [0.5, 0.6) is 11.5 Å². The van der Waals surface area contributed by atoms with Crippen LogP contribution in [0.2, 0.25) is 5.02 Å². The Kier molecular flexibility index (Phi) is 3.71. The van der Waals surface area contributed by atoms with Crippen LogP contribution in [-0.4, -0.2) is 12.7 Å². The molecule has 22 heavy (non-hydrogen) atoms. The Labute approximate surface area is 134 Å². The number of ether oxygens (including phenoxy) is 2. The van der Waals surface area contributed by atoms with Crippen molar-refractivity contribution >= 4 is 23.2 Å². The standard InChI is InChI=1S/C17H16ClNO3/c1-17(2,11-3-8-14-15(9-11)22-10-21-14)16(20)19-13-6-4-12(18)5-7-13/h3-9H,10H2,1-2H3,(H,19,20). The Bertz CT molecular complexity index is 710. The lowest BCUT2D eigenvalue weighted by Gasteiger charge is -2.24. The smallest absolute Gasteiger partial charge is 0.234 e. The zero-order valence-corrected chi connectivity index (χ0v) is 13.1. The van der Waals surface area contributed by atoms with Gasteiger partial charge in [-0.1, -0.05) is 17.7 Å². The second-order valence-electron chi connectivity index (χ2n) is 5.65. The molecule has 0 saturated carbocycles. The highest BCUT2D eigenvalue weighted by atomic mass is 35.5. The van der Waals surface area contributed by atoms with E-state index in [4.69, 9.17) is 21.1 Å². The Morgan fingerprint density at radius 2 is 1.77 bits per heavy atom. The lowest BCUT2D eigenvalue weighted by Crippen LogP contribution is -2.34. The number of hydrogen-bond acceptors (Lipinski definition) is 3. The van der Waals surface area contributed by atoms with Crippen LogP contribution in [-0.2, 0) is 10.2 Å². The minimum absolute atomic E-state index is 0.103. The highest BCUT2D eigenvalue weighted by Crippen LogP contribution is 2.36. The molecule has 2 aromatic rings. The van der Waals surface area contributed by atoms with Gasteiger partial charge in [0.25, 0.3) is 0 Å². The monoisotopic (exact) mass is 317 g/mol. The SMILES string of the molecule is CC(C)(C(=O)Nc1ccc(Cl)cc1)c1ccc2c(c1)OCO2. The van der Waals surface area contributed by atoms with Gasteiger partial charge in [-0.3, -0.25) is 4.79 Å². The highest BCUT2D eigenvalue weighted by molar-refractivity contribution is 6.30. The van der Waals surface area contributed by atoms with Gasteiger partial charge in [-0.2, -0.15) is 0 Å². The van der Waals surface area contributed by atoms with Crippen LogP contribution < -0.4 is 14.8 Å². The Morgan fingerprint density at radius 3 is 2.50 bits per heavy atom. The van der Waals surface area contributed by atoms with Gasteiger partial charge in [-0.25, -0.2) is 0 Å². The molecule has 1 aliphatic rings. The van der Waals surface area contributed by atoms with Gasteiger partial charge in [0, 0.05) is 10.7 Å². The second-order valence-corrected chi connectivity index (χ2v) is 6.09. The maximum atomic E-state index is 12.6. The van der Waals surface area contributed by atoms with Crippen molar-refractivity contribution in [3.8, 4) is 11.5 Å². The van der Waals surface area contributed by atoms with Crippen molar-refractivity contribution in [1.82, 2.24) is 0 Å². The zero-order valence-electron chi connectivity index (χ0n) is 12.4. The molecule has 0 saturated heterocycles. The second kappa shape index (κ2) is 5.54. The third-order valence-electron chi connectivity index (χ3n) is 3.76. The Morgan fingerprint density at radius 1 is 1.09 bits per heavy atom. The molecule has 0 atom stereocenters. The number of benzene rings is 2. The van der Waals surface area contributed by atoms with Crippen LogP contribution in [0, 0.1) is 0 Å². The topological polar surface area (TPSA) is 47.6 Å². The van der Waals surface area contributed by atoms with E-state index in [-0.39, 0.29) is 12.7 Å². The normalized spacial score (nSPS) is 13.0. The number of rotatable bonds is 3. The number of amides is 1. The molecule has 0 aliphatic carbocycles. The Hall–Kier alpha value is -2.20. The molecule has 0 spiro atoms. The predicted molar refractivity (Wildman–Crippen MR) is 85.7 cm³/mol. The summed E-state index contributed by atoms with van der Waals surface area (Å²) in [7, 11) is 0. The van der Waals surface area contributed by atoms with Gasteiger partial charge in [-0.15, -0.1) is 0 Å². The number of anilines is 1. The number of nitrogens with one attached hydrogen (secondary N) is 1. The predicted octanol–water partition coefficient (Wildman–Crippen LogP) is 3.99. The fourth-order valence-corrected chi connectivity index (χ4v) is 2.36. The molecule has 1 amide bonds. The third-order valence-corrected chi connectivity index (χ3v) is 4.02. The number of carbonyl (C=O) groups is 1. The van der Waals surface area contributed by atoms with E-state index in [9.17, 15) is 4.79 Å². The quantitative estimate of drug-likeness (QED) is 0.931. The van der Waals surface area contributed by atoms with Crippen molar-refractivity contribution in [3.63, 3.8) is 0 Å². The average molecular weight is 318 g/mol. The number of fused-ring (bicyclic) bond motifs is 1. The molecule has 0 unspecified atom stereocenters. The van der Waals surface area contributed by atoms with E-state index < -0.39 is 5.41 Å². The van der Waals surface area contributed by atoms with Crippen molar-refractivity contribution < 1.29 is 14.3 Å². The Balaban J connectivity index is 1.82. The van der Waals surface area contributed by atoms with Gasteiger partial charge >= 0.3 is 0 Å². The zero-order chi connectivity index (χ0) is 15.7. The van der Waals surface area contributed by atoms with Crippen molar-refractivity contribution in [2.45, 2.75) is 19.3 Å². The summed E-state index contributed by atoms with van der Waals surface area (Å²) >= 11 is 5.85. The fourth-order valence-electron chi connectivity index (χ4n) is 2.24. The first-order valence-corrected chi connectivity index (χ1v) is 7.32. The molecule has 4 nitrogen and oxygen atoms in total. The number of halogens is 1. The van der Waals surface area contributed by atoms with E-state index >= 15 is 0 Å². The molecule has 0 bridgehead atoms. The largest absolute Gasteiger partial charge is 0.454 e. The minimum atomic E-state index is -0.708. The van der Waals surface area contributed by atoms with Gasteiger partial charge in [0.05, 0.1) is 5.41 Å². The molecule has 0 aromatic heterocycles.